The normalized spacial score (nSPS) is 12.6. The SMILES string of the molecule is c1ccc(C2(c3ccccc3)c3ccccc3-c3cc(N(c4ccc(-c5ccc(-c6cccc7c6oc6ccccc67)cc5)cc4)c4ccc(-c5cccc(-c6cccc7c6sc6ccccc67)c5)cc4)ccc32)cc1. The van der Waals surface area contributed by atoms with Crippen molar-refractivity contribution in [2.45, 2.75) is 5.41 Å². The standard InChI is InChI=1S/C73H47NOS/c1-3-18-54(19-4-1)73(55-20-5-2-6-21-55)67-29-10-7-22-61(67)66-47-58(44-45-68(66)73)74(56-40-36-49(37-41-56)48-32-34-51(35-33-48)59-25-14-27-64-62-23-8-11-30-69(62)75-71(59)64)57-42-38-50(39-43-57)52-16-13-17-53(46-52)60-26-15-28-65-63-24-9-12-31-70(63)76-72(60)65/h1-47H. The maximum absolute atomic E-state index is 6.42. The molecule has 14 aromatic rings. The Morgan fingerprint density at radius 2 is 0.816 bits per heavy atom. The van der Waals surface area contributed by atoms with Crippen LogP contribution in [0.2, 0.25) is 0 Å². The van der Waals surface area contributed by atoms with Crippen molar-refractivity contribution < 1.29 is 4.42 Å². The third kappa shape index (κ3) is 7.01. The lowest BCUT2D eigenvalue weighted by Crippen LogP contribution is -2.28. The quantitative estimate of drug-likeness (QED) is 0.143. The van der Waals surface area contributed by atoms with Gasteiger partial charge in [0.1, 0.15) is 11.2 Å². The van der Waals surface area contributed by atoms with Gasteiger partial charge >= 0.3 is 0 Å². The zero-order chi connectivity index (χ0) is 50.2. The van der Waals surface area contributed by atoms with Gasteiger partial charge in [0, 0.05) is 53.6 Å². The second kappa shape index (κ2) is 17.8. The van der Waals surface area contributed by atoms with E-state index in [1.54, 1.807) is 0 Å². The van der Waals surface area contributed by atoms with Crippen LogP contribution in [0.25, 0.3) is 97.7 Å². The summed E-state index contributed by atoms with van der Waals surface area (Å²) < 4.78 is 9.07. The van der Waals surface area contributed by atoms with Crippen molar-refractivity contribution in [2.75, 3.05) is 4.90 Å². The number of furan rings is 1. The van der Waals surface area contributed by atoms with Crippen LogP contribution in [-0.4, -0.2) is 0 Å². The van der Waals surface area contributed by atoms with Crippen molar-refractivity contribution in [1.29, 1.82) is 0 Å². The number of thiophene rings is 1. The third-order valence-electron chi connectivity index (χ3n) is 15.8. The molecule has 3 heteroatoms. The Morgan fingerprint density at radius 3 is 1.55 bits per heavy atom. The van der Waals surface area contributed by atoms with E-state index in [9.17, 15) is 0 Å². The number of benzene rings is 12. The molecule has 2 nitrogen and oxygen atoms in total. The van der Waals surface area contributed by atoms with Gasteiger partial charge in [-0.2, -0.15) is 0 Å². The topological polar surface area (TPSA) is 16.4 Å². The molecule has 12 aromatic carbocycles. The van der Waals surface area contributed by atoms with E-state index in [4.69, 9.17) is 4.42 Å². The molecule has 356 valence electrons. The zero-order valence-electron chi connectivity index (χ0n) is 41.4. The van der Waals surface area contributed by atoms with Crippen LogP contribution < -0.4 is 4.90 Å². The number of hydrogen-bond acceptors (Lipinski definition) is 3. The van der Waals surface area contributed by atoms with Gasteiger partial charge in [-0.25, -0.2) is 0 Å². The fourth-order valence-electron chi connectivity index (χ4n) is 12.3. The molecule has 1 aliphatic rings. The Labute approximate surface area is 445 Å². The molecule has 0 N–H and O–H groups in total. The van der Waals surface area contributed by atoms with Crippen molar-refractivity contribution in [3.05, 3.63) is 307 Å². The summed E-state index contributed by atoms with van der Waals surface area (Å²) >= 11 is 1.88. The summed E-state index contributed by atoms with van der Waals surface area (Å²) in [5.74, 6) is 0. The van der Waals surface area contributed by atoms with E-state index in [0.717, 1.165) is 61.3 Å². The van der Waals surface area contributed by atoms with E-state index in [0.29, 0.717) is 0 Å². The molecule has 0 amide bonds. The lowest BCUT2D eigenvalue weighted by molar-refractivity contribution is 0.670. The minimum Gasteiger partial charge on any atom is -0.455 e. The lowest BCUT2D eigenvalue weighted by Gasteiger charge is -2.34. The largest absolute Gasteiger partial charge is 0.455 e. The van der Waals surface area contributed by atoms with Crippen LogP contribution in [0.15, 0.2) is 290 Å². The maximum Gasteiger partial charge on any atom is 0.143 e. The molecule has 0 spiro atoms. The fourth-order valence-corrected chi connectivity index (χ4v) is 13.5. The molecule has 0 fully saturated rings. The van der Waals surface area contributed by atoms with Crippen molar-refractivity contribution in [3.8, 4) is 55.6 Å². The minimum atomic E-state index is -0.480. The highest BCUT2D eigenvalue weighted by molar-refractivity contribution is 7.26. The second-order valence-electron chi connectivity index (χ2n) is 19.9. The summed E-state index contributed by atoms with van der Waals surface area (Å²) in [7, 11) is 0. The fraction of sp³-hybridized carbons (Fsp3) is 0.0137. The van der Waals surface area contributed by atoms with E-state index >= 15 is 0 Å². The van der Waals surface area contributed by atoms with Crippen LogP contribution in [0, 0.1) is 0 Å². The van der Waals surface area contributed by atoms with Crippen LogP contribution in [0.3, 0.4) is 0 Å². The molecule has 1 aliphatic carbocycles. The van der Waals surface area contributed by atoms with Gasteiger partial charge in [0.2, 0.25) is 0 Å². The molecule has 2 aromatic heterocycles. The minimum absolute atomic E-state index is 0.480. The summed E-state index contributed by atoms with van der Waals surface area (Å²) in [5, 5.41) is 4.91. The van der Waals surface area contributed by atoms with Crippen LogP contribution >= 0.6 is 11.3 Å². The summed E-state index contributed by atoms with van der Waals surface area (Å²) in [5.41, 5.74) is 21.6. The molecule has 0 radical (unpaired) electrons. The first-order chi connectivity index (χ1) is 37.7. The highest BCUT2D eigenvalue weighted by Crippen LogP contribution is 2.57. The Morgan fingerprint density at radius 1 is 0.303 bits per heavy atom. The van der Waals surface area contributed by atoms with Gasteiger partial charge in [-0.15, -0.1) is 11.3 Å². The second-order valence-corrected chi connectivity index (χ2v) is 21.0. The number of anilines is 3. The van der Waals surface area contributed by atoms with E-state index in [1.165, 1.54) is 75.8 Å². The molecule has 0 saturated heterocycles. The van der Waals surface area contributed by atoms with E-state index in [1.807, 2.05) is 23.5 Å². The Balaban J connectivity index is 0.828. The Hall–Kier alpha value is -9.54. The molecule has 0 atom stereocenters. The van der Waals surface area contributed by atoms with Crippen LogP contribution in [0.5, 0.6) is 0 Å². The van der Waals surface area contributed by atoms with Gasteiger partial charge in [0.05, 0.1) is 5.41 Å². The van der Waals surface area contributed by atoms with Crippen molar-refractivity contribution in [2.24, 2.45) is 0 Å². The Bertz CT molecular complexity index is 4450. The molecular weight excluding hydrogens is 939 g/mol. The van der Waals surface area contributed by atoms with Crippen LogP contribution in [0.4, 0.5) is 17.1 Å². The summed E-state index contributed by atoms with van der Waals surface area (Å²) in [6.45, 7) is 0. The summed E-state index contributed by atoms with van der Waals surface area (Å²) in [6.07, 6.45) is 0. The first kappa shape index (κ1) is 44.0. The van der Waals surface area contributed by atoms with Gasteiger partial charge in [-0.05, 0) is 127 Å². The van der Waals surface area contributed by atoms with Gasteiger partial charge in [-0.1, -0.05) is 231 Å². The van der Waals surface area contributed by atoms with Crippen molar-refractivity contribution in [3.63, 3.8) is 0 Å². The maximum atomic E-state index is 6.42. The number of nitrogens with zero attached hydrogens (tertiary/aromatic N) is 1. The monoisotopic (exact) mass is 985 g/mol. The van der Waals surface area contributed by atoms with Gasteiger partial charge in [0.25, 0.3) is 0 Å². The third-order valence-corrected chi connectivity index (χ3v) is 17.0. The van der Waals surface area contributed by atoms with Crippen molar-refractivity contribution in [1.82, 2.24) is 0 Å². The zero-order valence-corrected chi connectivity index (χ0v) is 42.2. The van der Waals surface area contributed by atoms with E-state index < -0.39 is 5.41 Å². The van der Waals surface area contributed by atoms with Crippen molar-refractivity contribution >= 4 is 70.5 Å². The molecule has 0 bridgehead atoms. The van der Waals surface area contributed by atoms with Gasteiger partial charge in [-0.3, -0.25) is 0 Å². The number of hydrogen-bond donors (Lipinski definition) is 0. The average Bonchev–Trinajstić information content (AvgIpc) is 4.17. The molecule has 0 saturated carbocycles. The smallest absolute Gasteiger partial charge is 0.143 e. The molecule has 0 unspecified atom stereocenters. The molecule has 76 heavy (non-hydrogen) atoms. The van der Waals surface area contributed by atoms with E-state index in [2.05, 4.69) is 278 Å². The average molecular weight is 986 g/mol. The van der Waals surface area contributed by atoms with Gasteiger partial charge < -0.3 is 9.32 Å². The summed E-state index contributed by atoms with van der Waals surface area (Å²) in [4.78, 5) is 2.41. The van der Waals surface area contributed by atoms with Crippen LogP contribution in [-0.2, 0) is 5.41 Å². The molecular formula is C73H47NOS. The van der Waals surface area contributed by atoms with Gasteiger partial charge in [0.15, 0.2) is 0 Å². The highest BCUT2D eigenvalue weighted by atomic mass is 32.1. The Kier molecular flexibility index (Phi) is 10.3. The number of para-hydroxylation sites is 2. The molecule has 2 heterocycles. The molecule has 0 aliphatic heterocycles. The lowest BCUT2D eigenvalue weighted by atomic mass is 9.68. The number of rotatable bonds is 9. The highest BCUT2D eigenvalue weighted by Gasteiger charge is 2.46. The van der Waals surface area contributed by atoms with Crippen LogP contribution in [0.1, 0.15) is 22.3 Å². The first-order valence-corrected chi connectivity index (χ1v) is 26.9. The number of fused-ring (bicyclic) bond motifs is 9. The predicted molar refractivity (Wildman–Crippen MR) is 320 cm³/mol. The summed E-state index contributed by atoms with van der Waals surface area (Å²) in [6, 6.07) is 104. The molecule has 15 rings (SSSR count). The predicted octanol–water partition coefficient (Wildman–Crippen LogP) is 20.5. The first-order valence-electron chi connectivity index (χ1n) is 26.1. The van der Waals surface area contributed by atoms with E-state index in [-0.39, 0.29) is 0 Å².